The van der Waals surface area contributed by atoms with E-state index in [9.17, 15) is 4.79 Å². The van der Waals surface area contributed by atoms with Crippen molar-refractivity contribution in [1.29, 1.82) is 0 Å². The van der Waals surface area contributed by atoms with Gasteiger partial charge in [-0.3, -0.25) is 13.9 Å². The molecule has 31 heavy (non-hydrogen) atoms. The van der Waals surface area contributed by atoms with Crippen molar-refractivity contribution in [2.45, 2.75) is 19.9 Å². The molecule has 0 spiro atoms. The third-order valence-electron chi connectivity index (χ3n) is 5.15. The molecule has 0 aliphatic rings. The maximum atomic E-state index is 13.1. The number of aromatic nitrogens is 7. The molecule has 0 radical (unpaired) electrons. The fraction of sp³-hybridized carbons (Fsp3) is 0.190. The Balaban J connectivity index is 1.64. The number of nitrogens with one attached hydrogen (secondary N) is 2. The summed E-state index contributed by atoms with van der Waals surface area (Å²) in [6, 6.07) is 7.61. The Bertz CT molecular complexity index is 1380. The molecule has 0 saturated carbocycles. The highest BCUT2D eigenvalue weighted by atomic mass is 32.1. The Hall–Kier alpha value is -3.79. The van der Waals surface area contributed by atoms with E-state index in [1.165, 1.54) is 11.2 Å². The van der Waals surface area contributed by atoms with E-state index in [1.54, 1.807) is 22.2 Å². The van der Waals surface area contributed by atoms with Crippen LogP contribution in [-0.2, 0) is 7.05 Å². The third-order valence-corrected chi connectivity index (χ3v) is 6.17. The van der Waals surface area contributed by atoms with Gasteiger partial charge in [-0.25, -0.2) is 4.98 Å². The van der Waals surface area contributed by atoms with Crippen LogP contribution in [0.5, 0.6) is 0 Å². The van der Waals surface area contributed by atoms with E-state index < -0.39 is 0 Å². The highest BCUT2D eigenvalue weighted by molar-refractivity contribution is 7.15. The van der Waals surface area contributed by atoms with Crippen LogP contribution in [0.25, 0.3) is 27.5 Å². The number of H-pyrrole nitrogens is 1. The fourth-order valence-electron chi connectivity index (χ4n) is 3.57. The van der Waals surface area contributed by atoms with Gasteiger partial charge in [0.2, 0.25) is 0 Å². The summed E-state index contributed by atoms with van der Waals surface area (Å²) in [7, 11) is 1.87. The van der Waals surface area contributed by atoms with Crippen molar-refractivity contribution in [3.05, 3.63) is 65.4 Å². The minimum absolute atomic E-state index is 0.212. The van der Waals surface area contributed by atoms with E-state index in [1.807, 2.05) is 42.9 Å². The van der Waals surface area contributed by atoms with Gasteiger partial charge >= 0.3 is 0 Å². The first-order valence-electron chi connectivity index (χ1n) is 9.74. The fourth-order valence-corrected chi connectivity index (χ4v) is 4.44. The number of rotatable bonds is 5. The zero-order chi connectivity index (χ0) is 21.5. The summed E-state index contributed by atoms with van der Waals surface area (Å²) < 4.78 is 3.75. The van der Waals surface area contributed by atoms with Crippen molar-refractivity contribution in [2.75, 3.05) is 0 Å². The third kappa shape index (κ3) is 3.40. The smallest absolute Gasteiger partial charge is 0.253 e. The molecule has 1 unspecified atom stereocenters. The molecule has 0 aromatic carbocycles. The first-order valence-corrected chi connectivity index (χ1v) is 10.6. The monoisotopic (exact) mass is 432 g/mol. The average molecular weight is 433 g/mol. The SMILES string of the molecule is Cc1ccc(-c2cnc3c(-c4ccnn4C)cc(C(=O)NC(C)c4nnc[nH]4)cn23)s1. The second-order valence-corrected chi connectivity index (χ2v) is 8.59. The average Bonchev–Trinajstić information content (AvgIpc) is 3.54. The van der Waals surface area contributed by atoms with E-state index in [0.29, 0.717) is 11.4 Å². The molecule has 0 fully saturated rings. The molecular formula is C21H20N8OS. The summed E-state index contributed by atoms with van der Waals surface area (Å²) >= 11 is 1.69. The molecule has 10 heteroatoms. The summed E-state index contributed by atoms with van der Waals surface area (Å²) in [5, 5.41) is 15.0. The molecule has 0 bridgehead atoms. The number of carbonyl (C=O) groups excluding carboxylic acids is 1. The number of amides is 1. The van der Waals surface area contributed by atoms with Gasteiger partial charge < -0.3 is 10.3 Å². The van der Waals surface area contributed by atoms with E-state index in [4.69, 9.17) is 0 Å². The van der Waals surface area contributed by atoms with Crippen LogP contribution in [-0.4, -0.2) is 40.3 Å². The Labute approximate surface area is 181 Å². The maximum Gasteiger partial charge on any atom is 0.253 e. The van der Waals surface area contributed by atoms with Crippen molar-refractivity contribution >= 4 is 22.9 Å². The molecule has 1 amide bonds. The summed E-state index contributed by atoms with van der Waals surface area (Å²) in [4.78, 5) is 23.1. The van der Waals surface area contributed by atoms with Crippen molar-refractivity contribution in [3.8, 4) is 21.8 Å². The van der Waals surface area contributed by atoms with Crippen LogP contribution < -0.4 is 5.32 Å². The highest BCUT2D eigenvalue weighted by Gasteiger charge is 2.20. The standard InChI is InChI=1S/C21H20N8OS/c1-12-4-5-18(31-12)17-9-22-20-15(16-6-7-25-28(16)3)8-14(10-29(17)20)21(30)26-13(2)19-23-11-24-27-19/h4-11,13H,1-3H3,(H,26,30)(H,23,24,27). The summed E-state index contributed by atoms with van der Waals surface area (Å²) in [6.07, 6.45) is 6.90. The maximum absolute atomic E-state index is 13.1. The van der Waals surface area contributed by atoms with Crippen LogP contribution in [0.1, 0.15) is 34.0 Å². The Morgan fingerprint density at radius 3 is 2.81 bits per heavy atom. The van der Waals surface area contributed by atoms with Crippen molar-refractivity contribution in [3.63, 3.8) is 0 Å². The van der Waals surface area contributed by atoms with Gasteiger partial charge in [0.25, 0.3) is 5.91 Å². The van der Waals surface area contributed by atoms with Gasteiger partial charge in [-0.2, -0.15) is 5.10 Å². The van der Waals surface area contributed by atoms with Crippen LogP contribution in [0.3, 0.4) is 0 Å². The van der Waals surface area contributed by atoms with E-state index >= 15 is 0 Å². The Morgan fingerprint density at radius 2 is 2.13 bits per heavy atom. The van der Waals surface area contributed by atoms with Crippen LogP contribution in [0.4, 0.5) is 0 Å². The molecule has 2 N–H and O–H groups in total. The molecule has 156 valence electrons. The van der Waals surface area contributed by atoms with Gasteiger partial charge in [0.1, 0.15) is 12.0 Å². The number of imidazole rings is 1. The molecule has 0 saturated heterocycles. The predicted molar refractivity (Wildman–Crippen MR) is 118 cm³/mol. The number of fused-ring (bicyclic) bond motifs is 1. The number of thiophene rings is 1. The quantitative estimate of drug-likeness (QED) is 0.443. The highest BCUT2D eigenvalue weighted by Crippen LogP contribution is 2.32. The number of carbonyl (C=O) groups is 1. The minimum atomic E-state index is -0.312. The number of hydrogen-bond donors (Lipinski definition) is 2. The lowest BCUT2D eigenvalue weighted by Gasteiger charge is -2.13. The molecule has 5 rings (SSSR count). The number of nitrogens with zero attached hydrogens (tertiary/aromatic N) is 6. The van der Waals surface area contributed by atoms with E-state index in [0.717, 1.165) is 27.5 Å². The number of aromatic amines is 1. The van der Waals surface area contributed by atoms with Gasteiger partial charge in [0, 0.05) is 29.9 Å². The molecule has 5 heterocycles. The summed E-state index contributed by atoms with van der Waals surface area (Å²) in [5.74, 6) is 0.384. The second-order valence-electron chi connectivity index (χ2n) is 7.30. The van der Waals surface area contributed by atoms with Crippen molar-refractivity contribution < 1.29 is 4.79 Å². The van der Waals surface area contributed by atoms with Gasteiger partial charge in [-0.1, -0.05) is 0 Å². The molecular weight excluding hydrogens is 412 g/mol. The lowest BCUT2D eigenvalue weighted by atomic mass is 10.1. The van der Waals surface area contributed by atoms with Gasteiger partial charge in [0.05, 0.1) is 34.1 Å². The predicted octanol–water partition coefficient (Wildman–Crippen LogP) is 3.38. The van der Waals surface area contributed by atoms with Crippen LogP contribution in [0.15, 0.2) is 49.2 Å². The lowest BCUT2D eigenvalue weighted by molar-refractivity contribution is 0.0938. The van der Waals surface area contributed by atoms with Crippen LogP contribution >= 0.6 is 11.3 Å². The van der Waals surface area contributed by atoms with Gasteiger partial charge in [-0.05, 0) is 38.1 Å². The molecule has 1 atom stereocenters. The second kappa shape index (κ2) is 7.47. The first-order chi connectivity index (χ1) is 15.0. The van der Waals surface area contributed by atoms with Gasteiger partial charge in [0.15, 0.2) is 5.82 Å². The number of hydrogen-bond acceptors (Lipinski definition) is 6. The van der Waals surface area contributed by atoms with Crippen molar-refractivity contribution in [1.82, 2.24) is 39.7 Å². The molecule has 5 aromatic rings. The lowest BCUT2D eigenvalue weighted by Crippen LogP contribution is -2.27. The first kappa shape index (κ1) is 19.2. The molecule has 9 nitrogen and oxygen atoms in total. The van der Waals surface area contributed by atoms with Crippen molar-refractivity contribution in [2.24, 2.45) is 7.05 Å². The van der Waals surface area contributed by atoms with E-state index in [-0.39, 0.29) is 11.9 Å². The number of aryl methyl sites for hydroxylation is 2. The van der Waals surface area contributed by atoms with Crippen LogP contribution in [0.2, 0.25) is 0 Å². The topological polar surface area (TPSA) is 106 Å². The molecule has 5 aromatic heterocycles. The Morgan fingerprint density at radius 1 is 1.26 bits per heavy atom. The molecule has 0 aliphatic carbocycles. The van der Waals surface area contributed by atoms with E-state index in [2.05, 4.69) is 49.6 Å². The minimum Gasteiger partial charge on any atom is -0.342 e. The number of pyridine rings is 1. The largest absolute Gasteiger partial charge is 0.342 e. The normalized spacial score (nSPS) is 12.4. The summed E-state index contributed by atoms with van der Waals surface area (Å²) in [6.45, 7) is 3.93. The Kier molecular flexibility index (Phi) is 4.63. The zero-order valence-corrected chi connectivity index (χ0v) is 18.0. The van der Waals surface area contributed by atoms with Gasteiger partial charge in [-0.15, -0.1) is 21.5 Å². The zero-order valence-electron chi connectivity index (χ0n) is 17.2. The van der Waals surface area contributed by atoms with Crippen LogP contribution in [0, 0.1) is 6.92 Å². The molecule has 0 aliphatic heterocycles. The summed E-state index contributed by atoms with van der Waals surface area (Å²) in [5.41, 5.74) is 3.93.